The number of non-ortho nitro benzene ring substituents is 1. The molecule has 24 heavy (non-hydrogen) atoms. The molecule has 0 saturated heterocycles. The van der Waals surface area contributed by atoms with E-state index in [-0.39, 0.29) is 16.5 Å². The van der Waals surface area contributed by atoms with Crippen LogP contribution in [0.15, 0.2) is 47.3 Å². The van der Waals surface area contributed by atoms with Crippen molar-refractivity contribution in [2.24, 2.45) is 0 Å². The molecule has 7 nitrogen and oxygen atoms in total. The van der Waals surface area contributed by atoms with Crippen molar-refractivity contribution in [2.45, 2.75) is 13.5 Å². The Hall–Kier alpha value is -3.00. The first-order chi connectivity index (χ1) is 11.5. The SMILES string of the molecule is CCn1c(=O)sc2cc(NC(=O)c3ccc([N+](=O)[O-])cc3)ccc21. The number of aryl methyl sites for hydroxylation is 1. The summed E-state index contributed by atoms with van der Waals surface area (Å²) in [5.41, 5.74) is 1.65. The van der Waals surface area contributed by atoms with Crippen molar-refractivity contribution < 1.29 is 9.72 Å². The summed E-state index contributed by atoms with van der Waals surface area (Å²) in [6.07, 6.45) is 0. The zero-order valence-electron chi connectivity index (χ0n) is 12.7. The molecule has 1 amide bonds. The quantitative estimate of drug-likeness (QED) is 0.581. The van der Waals surface area contributed by atoms with E-state index in [0.29, 0.717) is 17.8 Å². The summed E-state index contributed by atoms with van der Waals surface area (Å²) >= 11 is 1.13. The number of carbonyl (C=O) groups is 1. The number of hydrogen-bond acceptors (Lipinski definition) is 5. The molecule has 3 aromatic rings. The van der Waals surface area contributed by atoms with Crippen molar-refractivity contribution >= 4 is 38.8 Å². The average Bonchev–Trinajstić information content (AvgIpc) is 2.89. The van der Waals surface area contributed by atoms with Gasteiger partial charge in [0.25, 0.3) is 11.6 Å². The van der Waals surface area contributed by atoms with Crippen molar-refractivity contribution in [3.05, 3.63) is 67.8 Å². The molecule has 1 N–H and O–H groups in total. The van der Waals surface area contributed by atoms with E-state index < -0.39 is 4.92 Å². The molecule has 0 bridgehead atoms. The predicted octanol–water partition coefficient (Wildman–Crippen LogP) is 3.24. The second-order valence-electron chi connectivity index (χ2n) is 5.05. The molecule has 0 aliphatic carbocycles. The van der Waals surface area contributed by atoms with Crippen molar-refractivity contribution in [2.75, 3.05) is 5.32 Å². The van der Waals surface area contributed by atoms with Gasteiger partial charge in [-0.15, -0.1) is 0 Å². The van der Waals surface area contributed by atoms with Gasteiger partial charge in [-0.05, 0) is 37.3 Å². The van der Waals surface area contributed by atoms with Gasteiger partial charge in [-0.1, -0.05) is 11.3 Å². The van der Waals surface area contributed by atoms with Crippen LogP contribution in [0, 0.1) is 10.1 Å². The van der Waals surface area contributed by atoms with Gasteiger partial charge < -0.3 is 5.32 Å². The Bertz CT molecular complexity index is 989. The highest BCUT2D eigenvalue weighted by Gasteiger charge is 2.11. The standard InChI is InChI=1S/C16H13N3O4S/c1-2-18-13-8-5-11(9-14(13)24-16(18)21)17-15(20)10-3-6-12(7-4-10)19(22)23/h3-9H,2H2,1H3,(H,17,20). The Morgan fingerprint density at radius 2 is 1.96 bits per heavy atom. The molecular weight excluding hydrogens is 330 g/mol. The number of nitro benzene ring substituents is 1. The molecule has 3 rings (SSSR count). The van der Waals surface area contributed by atoms with Gasteiger partial charge in [0.15, 0.2) is 0 Å². The maximum Gasteiger partial charge on any atom is 0.308 e. The third kappa shape index (κ3) is 2.91. The number of nitrogens with one attached hydrogen (secondary N) is 1. The van der Waals surface area contributed by atoms with E-state index in [9.17, 15) is 19.7 Å². The van der Waals surface area contributed by atoms with Crippen LogP contribution in [0.1, 0.15) is 17.3 Å². The molecule has 0 saturated carbocycles. The summed E-state index contributed by atoms with van der Waals surface area (Å²) in [6.45, 7) is 2.49. The van der Waals surface area contributed by atoms with Crippen molar-refractivity contribution in [1.29, 1.82) is 0 Å². The summed E-state index contributed by atoms with van der Waals surface area (Å²) in [4.78, 5) is 34.1. The largest absolute Gasteiger partial charge is 0.322 e. The highest BCUT2D eigenvalue weighted by Crippen LogP contribution is 2.22. The number of fused-ring (bicyclic) bond motifs is 1. The molecule has 0 aliphatic rings. The minimum Gasteiger partial charge on any atom is -0.322 e. The van der Waals surface area contributed by atoms with E-state index in [4.69, 9.17) is 0 Å². The zero-order valence-corrected chi connectivity index (χ0v) is 13.5. The van der Waals surface area contributed by atoms with Crippen molar-refractivity contribution in [3.8, 4) is 0 Å². The van der Waals surface area contributed by atoms with E-state index in [1.807, 2.05) is 6.92 Å². The first kappa shape index (κ1) is 15.9. The lowest BCUT2D eigenvalue weighted by Gasteiger charge is -2.06. The maximum absolute atomic E-state index is 12.2. The first-order valence-corrected chi connectivity index (χ1v) is 8.00. The molecule has 0 aliphatic heterocycles. The van der Waals surface area contributed by atoms with Crippen LogP contribution in [0.25, 0.3) is 10.2 Å². The number of nitrogens with zero attached hydrogens (tertiary/aromatic N) is 2. The number of rotatable bonds is 4. The molecule has 0 spiro atoms. The van der Waals surface area contributed by atoms with Gasteiger partial charge in [0.2, 0.25) is 0 Å². The summed E-state index contributed by atoms with van der Waals surface area (Å²) in [6, 6.07) is 10.6. The van der Waals surface area contributed by atoms with Gasteiger partial charge in [0.1, 0.15) is 0 Å². The van der Waals surface area contributed by atoms with Gasteiger partial charge in [-0.2, -0.15) is 0 Å². The van der Waals surface area contributed by atoms with E-state index in [0.717, 1.165) is 21.6 Å². The minimum atomic E-state index is -0.518. The van der Waals surface area contributed by atoms with E-state index in [1.165, 1.54) is 24.3 Å². The number of nitro groups is 1. The van der Waals surface area contributed by atoms with Crippen LogP contribution >= 0.6 is 11.3 Å². The third-order valence-electron chi connectivity index (χ3n) is 3.58. The monoisotopic (exact) mass is 343 g/mol. The molecule has 2 aromatic carbocycles. The maximum atomic E-state index is 12.2. The molecule has 1 aromatic heterocycles. The van der Waals surface area contributed by atoms with Crippen LogP contribution in [0.4, 0.5) is 11.4 Å². The van der Waals surface area contributed by atoms with E-state index >= 15 is 0 Å². The van der Waals surface area contributed by atoms with Crippen molar-refractivity contribution in [1.82, 2.24) is 4.57 Å². The topological polar surface area (TPSA) is 94.2 Å². The number of carbonyl (C=O) groups excluding carboxylic acids is 1. The minimum absolute atomic E-state index is 0.0358. The van der Waals surface area contributed by atoms with E-state index in [1.54, 1.807) is 22.8 Å². The van der Waals surface area contributed by atoms with Crippen LogP contribution in [-0.2, 0) is 6.54 Å². The van der Waals surface area contributed by atoms with Crippen LogP contribution < -0.4 is 10.2 Å². The second-order valence-corrected chi connectivity index (χ2v) is 6.05. The number of thiazole rings is 1. The number of anilines is 1. The lowest BCUT2D eigenvalue weighted by atomic mass is 10.2. The van der Waals surface area contributed by atoms with Gasteiger partial charge in [-0.25, -0.2) is 0 Å². The number of benzene rings is 2. The number of aromatic nitrogens is 1. The molecular formula is C16H13N3O4S. The fraction of sp³-hybridized carbons (Fsp3) is 0.125. The normalized spacial score (nSPS) is 10.7. The number of amides is 1. The Kier molecular flexibility index (Phi) is 4.13. The zero-order chi connectivity index (χ0) is 17.3. The van der Waals surface area contributed by atoms with E-state index in [2.05, 4.69) is 5.32 Å². The third-order valence-corrected chi connectivity index (χ3v) is 4.52. The highest BCUT2D eigenvalue weighted by molar-refractivity contribution is 7.16. The molecule has 1 heterocycles. The first-order valence-electron chi connectivity index (χ1n) is 7.19. The Morgan fingerprint density at radius 3 is 2.58 bits per heavy atom. The molecule has 0 unspecified atom stereocenters. The van der Waals surface area contributed by atoms with Gasteiger partial charge >= 0.3 is 4.87 Å². The van der Waals surface area contributed by atoms with Crippen LogP contribution in [0.2, 0.25) is 0 Å². The fourth-order valence-corrected chi connectivity index (χ4v) is 3.38. The number of hydrogen-bond donors (Lipinski definition) is 1. The molecule has 8 heteroatoms. The summed E-state index contributed by atoms with van der Waals surface area (Å²) in [5.74, 6) is -0.369. The van der Waals surface area contributed by atoms with Crippen molar-refractivity contribution in [3.63, 3.8) is 0 Å². The Labute approximate surface area is 140 Å². The van der Waals surface area contributed by atoms with Crippen LogP contribution in [0.3, 0.4) is 0 Å². The average molecular weight is 343 g/mol. The summed E-state index contributed by atoms with van der Waals surface area (Å²) < 4.78 is 2.46. The lowest BCUT2D eigenvalue weighted by molar-refractivity contribution is -0.384. The van der Waals surface area contributed by atoms with Crippen LogP contribution in [0.5, 0.6) is 0 Å². The van der Waals surface area contributed by atoms with Gasteiger partial charge in [0, 0.05) is 29.9 Å². The Morgan fingerprint density at radius 1 is 1.25 bits per heavy atom. The molecule has 0 radical (unpaired) electrons. The van der Waals surface area contributed by atoms with Gasteiger partial charge in [-0.3, -0.25) is 24.3 Å². The predicted molar refractivity (Wildman–Crippen MR) is 92.8 cm³/mol. The van der Waals surface area contributed by atoms with Gasteiger partial charge in [0.05, 0.1) is 15.1 Å². The molecule has 0 fully saturated rings. The molecule has 122 valence electrons. The second kappa shape index (κ2) is 6.25. The van der Waals surface area contributed by atoms with Crippen LogP contribution in [-0.4, -0.2) is 15.4 Å². The smallest absolute Gasteiger partial charge is 0.308 e. The summed E-state index contributed by atoms with van der Waals surface area (Å²) in [7, 11) is 0. The lowest BCUT2D eigenvalue weighted by Crippen LogP contribution is -2.12. The fourth-order valence-electron chi connectivity index (χ4n) is 2.38. The highest BCUT2D eigenvalue weighted by atomic mass is 32.1. The summed E-state index contributed by atoms with van der Waals surface area (Å²) in [5, 5.41) is 13.4. The Balaban J connectivity index is 1.85. The molecule has 0 atom stereocenters.